The van der Waals surface area contributed by atoms with E-state index in [-0.39, 0.29) is 11.9 Å². The number of ether oxygens (including phenoxy) is 1. The molecule has 29 heavy (non-hydrogen) atoms. The molecule has 1 N–H and O–H groups in total. The molecular weight excluding hydrogens is 371 g/mol. The summed E-state index contributed by atoms with van der Waals surface area (Å²) in [5.74, 6) is 6.63. The Bertz CT molecular complexity index is 1040. The maximum Gasteiger partial charge on any atom is 0.237 e. The zero-order valence-corrected chi connectivity index (χ0v) is 15.7. The molecule has 3 aromatic rings. The fraction of sp³-hybridized carbons (Fsp3) is 0.227. The van der Waals surface area contributed by atoms with Crippen LogP contribution in [0.1, 0.15) is 24.1 Å². The Morgan fingerprint density at radius 2 is 1.86 bits per heavy atom. The lowest BCUT2D eigenvalue weighted by Gasteiger charge is -2.32. The average Bonchev–Trinajstić information content (AvgIpc) is 2.75. The third-order valence-electron chi connectivity index (χ3n) is 4.67. The number of anilines is 1. The summed E-state index contributed by atoms with van der Waals surface area (Å²) < 4.78 is 20.5. The van der Waals surface area contributed by atoms with Crippen LogP contribution >= 0.6 is 0 Å². The van der Waals surface area contributed by atoms with Crippen molar-refractivity contribution < 1.29 is 19.1 Å². The molecule has 146 valence electrons. The molecule has 1 fully saturated rings. The zero-order chi connectivity index (χ0) is 20.1. The maximum atomic E-state index is 13.7. The second-order valence-corrected chi connectivity index (χ2v) is 6.73. The SMILES string of the molecule is O[n+]1cccc(C#Cc2ccc(N3CCC(Oc4ccccc4F)CC3)nn2)c1. The monoisotopic (exact) mass is 391 g/mol. The summed E-state index contributed by atoms with van der Waals surface area (Å²) in [4.78, 5) is 2.14. The first-order chi connectivity index (χ1) is 14.2. The highest BCUT2D eigenvalue weighted by atomic mass is 19.1. The van der Waals surface area contributed by atoms with E-state index in [4.69, 9.17) is 4.74 Å². The van der Waals surface area contributed by atoms with Crippen LogP contribution in [0.25, 0.3) is 0 Å². The van der Waals surface area contributed by atoms with Crippen LogP contribution < -0.4 is 14.4 Å². The molecule has 1 aliphatic heterocycles. The Kier molecular flexibility index (Phi) is 5.52. The molecule has 7 heteroatoms. The minimum Gasteiger partial charge on any atom is -0.487 e. The summed E-state index contributed by atoms with van der Waals surface area (Å²) in [6.45, 7) is 1.53. The third kappa shape index (κ3) is 4.79. The molecule has 6 nitrogen and oxygen atoms in total. The molecule has 0 aliphatic carbocycles. The number of nitrogens with zero attached hydrogens (tertiary/aromatic N) is 4. The van der Waals surface area contributed by atoms with Crippen LogP contribution in [-0.2, 0) is 0 Å². The molecule has 1 aliphatic rings. The van der Waals surface area contributed by atoms with Gasteiger partial charge in [0.25, 0.3) is 0 Å². The smallest absolute Gasteiger partial charge is 0.237 e. The van der Waals surface area contributed by atoms with Crippen molar-refractivity contribution >= 4 is 5.82 Å². The largest absolute Gasteiger partial charge is 0.487 e. The zero-order valence-electron chi connectivity index (χ0n) is 15.7. The Morgan fingerprint density at radius 1 is 1.03 bits per heavy atom. The fourth-order valence-electron chi connectivity index (χ4n) is 3.16. The number of hydrogen-bond donors (Lipinski definition) is 1. The number of hydrogen-bond acceptors (Lipinski definition) is 5. The van der Waals surface area contributed by atoms with Crippen molar-refractivity contribution in [3.8, 4) is 17.6 Å². The van der Waals surface area contributed by atoms with Gasteiger partial charge in [-0.2, -0.15) is 0 Å². The van der Waals surface area contributed by atoms with Crippen LogP contribution in [0.5, 0.6) is 5.75 Å². The van der Waals surface area contributed by atoms with Crippen molar-refractivity contribution in [3.05, 3.63) is 78.0 Å². The van der Waals surface area contributed by atoms with Gasteiger partial charge in [0.1, 0.15) is 11.8 Å². The molecule has 4 rings (SSSR count). The van der Waals surface area contributed by atoms with E-state index in [1.54, 1.807) is 30.3 Å². The van der Waals surface area contributed by atoms with E-state index in [1.807, 2.05) is 12.1 Å². The number of aromatic nitrogens is 3. The van der Waals surface area contributed by atoms with Crippen molar-refractivity contribution in [1.82, 2.24) is 10.2 Å². The van der Waals surface area contributed by atoms with Crippen LogP contribution in [0.2, 0.25) is 0 Å². The Morgan fingerprint density at radius 3 is 2.59 bits per heavy atom. The number of pyridine rings is 1. The summed E-state index contributed by atoms with van der Waals surface area (Å²) in [5, 5.41) is 17.8. The molecule has 0 unspecified atom stereocenters. The summed E-state index contributed by atoms with van der Waals surface area (Å²) >= 11 is 0. The van der Waals surface area contributed by atoms with Crippen LogP contribution in [0.15, 0.2) is 60.9 Å². The molecular formula is C22H20FN4O2+. The van der Waals surface area contributed by atoms with Crippen molar-refractivity contribution in [2.75, 3.05) is 18.0 Å². The van der Waals surface area contributed by atoms with Crippen molar-refractivity contribution in [2.24, 2.45) is 0 Å². The average molecular weight is 391 g/mol. The minimum atomic E-state index is -0.332. The number of rotatable bonds is 3. The predicted octanol–water partition coefficient (Wildman–Crippen LogP) is 2.59. The van der Waals surface area contributed by atoms with Crippen molar-refractivity contribution in [1.29, 1.82) is 0 Å². The van der Waals surface area contributed by atoms with Gasteiger partial charge in [0, 0.05) is 36.7 Å². The summed E-state index contributed by atoms with van der Waals surface area (Å²) in [7, 11) is 0. The van der Waals surface area contributed by atoms with Crippen LogP contribution in [0, 0.1) is 17.7 Å². The van der Waals surface area contributed by atoms with Gasteiger partial charge in [-0.3, -0.25) is 5.21 Å². The van der Waals surface area contributed by atoms with E-state index in [9.17, 15) is 9.60 Å². The molecule has 2 aromatic heterocycles. The first-order valence-electron chi connectivity index (χ1n) is 9.40. The lowest BCUT2D eigenvalue weighted by atomic mass is 10.1. The Hall–Kier alpha value is -3.66. The molecule has 0 atom stereocenters. The molecule has 0 amide bonds. The first kappa shape index (κ1) is 18.7. The quantitative estimate of drug-likeness (QED) is 0.422. The summed E-state index contributed by atoms with van der Waals surface area (Å²) in [5.41, 5.74) is 1.23. The highest BCUT2D eigenvalue weighted by molar-refractivity contribution is 5.42. The maximum absolute atomic E-state index is 13.7. The van der Waals surface area contributed by atoms with Gasteiger partial charge in [0.15, 0.2) is 17.4 Å². The molecule has 0 bridgehead atoms. The highest BCUT2D eigenvalue weighted by Crippen LogP contribution is 2.23. The minimum absolute atomic E-state index is 0.0126. The van der Waals surface area contributed by atoms with E-state index in [2.05, 4.69) is 26.9 Å². The number of para-hydroxylation sites is 1. The van der Waals surface area contributed by atoms with Gasteiger partial charge in [0.05, 0.1) is 5.56 Å². The van der Waals surface area contributed by atoms with Crippen molar-refractivity contribution in [2.45, 2.75) is 18.9 Å². The highest BCUT2D eigenvalue weighted by Gasteiger charge is 2.22. The molecule has 1 saturated heterocycles. The topological polar surface area (TPSA) is 62.4 Å². The molecule has 1 aromatic carbocycles. The van der Waals surface area contributed by atoms with E-state index >= 15 is 0 Å². The Balaban J connectivity index is 1.34. The van der Waals surface area contributed by atoms with Gasteiger partial charge in [-0.15, -0.1) is 10.2 Å². The van der Waals surface area contributed by atoms with Gasteiger partial charge < -0.3 is 9.64 Å². The lowest BCUT2D eigenvalue weighted by molar-refractivity contribution is -0.904. The summed E-state index contributed by atoms with van der Waals surface area (Å²) in [6, 6.07) is 13.7. The summed E-state index contributed by atoms with van der Waals surface area (Å²) in [6.07, 6.45) is 4.59. The van der Waals surface area contributed by atoms with Gasteiger partial charge >= 0.3 is 0 Å². The first-order valence-corrected chi connectivity index (χ1v) is 9.40. The second-order valence-electron chi connectivity index (χ2n) is 6.73. The predicted molar refractivity (Wildman–Crippen MR) is 104 cm³/mol. The lowest BCUT2D eigenvalue weighted by Crippen LogP contribution is -2.38. The van der Waals surface area contributed by atoms with E-state index in [1.165, 1.54) is 18.5 Å². The second kappa shape index (κ2) is 8.57. The van der Waals surface area contributed by atoms with Gasteiger partial charge in [-0.25, -0.2) is 4.39 Å². The van der Waals surface area contributed by atoms with Crippen LogP contribution in [-0.4, -0.2) is 34.6 Å². The van der Waals surface area contributed by atoms with Gasteiger partial charge in [-0.1, -0.05) is 18.1 Å². The van der Waals surface area contributed by atoms with E-state index < -0.39 is 0 Å². The van der Waals surface area contributed by atoms with Crippen LogP contribution in [0.3, 0.4) is 0 Å². The normalized spacial score (nSPS) is 14.2. The number of halogens is 1. The van der Waals surface area contributed by atoms with E-state index in [0.717, 1.165) is 36.5 Å². The number of benzene rings is 1. The Labute approximate surface area is 168 Å². The molecule has 0 saturated carbocycles. The van der Waals surface area contributed by atoms with E-state index in [0.29, 0.717) is 17.0 Å². The third-order valence-corrected chi connectivity index (χ3v) is 4.67. The molecule has 0 radical (unpaired) electrons. The molecule has 0 spiro atoms. The van der Waals surface area contributed by atoms with Gasteiger partial charge in [0.2, 0.25) is 12.4 Å². The molecule has 3 heterocycles. The van der Waals surface area contributed by atoms with Gasteiger partial charge in [-0.05, 0) is 36.3 Å². The van der Waals surface area contributed by atoms with Crippen LogP contribution in [0.4, 0.5) is 10.2 Å². The fourth-order valence-corrected chi connectivity index (χ4v) is 3.16. The number of piperidine rings is 1. The van der Waals surface area contributed by atoms with Crippen molar-refractivity contribution in [3.63, 3.8) is 0 Å². The standard InChI is InChI=1S/C22H20FN4O2/c23-20-5-1-2-6-21(20)29-19-11-14-26(15-12-19)22-10-9-18(24-25-22)8-7-17-4-3-13-27(28)16-17/h1-6,9-10,13,16,19,28H,11-12,14-15H2/q+1.